The maximum atomic E-state index is 13.2. The van der Waals surface area contributed by atoms with Gasteiger partial charge in [0.25, 0.3) is 0 Å². The van der Waals surface area contributed by atoms with Gasteiger partial charge >= 0.3 is 24.1 Å². The summed E-state index contributed by atoms with van der Waals surface area (Å²) in [5, 5.41) is 23.2. The molecule has 0 saturated heterocycles. The number of carboxylic acids is 2. The number of imidazole rings is 1. The number of methoxy groups -OCH3 is 1. The Kier molecular flexibility index (Phi) is 14.0. The zero-order valence-electron chi connectivity index (χ0n) is 23.6. The van der Waals surface area contributed by atoms with Crippen molar-refractivity contribution in [3.63, 3.8) is 0 Å². The number of rotatable bonds is 16. The molecule has 0 bridgehead atoms. The highest BCUT2D eigenvalue weighted by atomic mass is 35.5. The molecule has 0 aliphatic heterocycles. The molecule has 2 aromatic heterocycles. The molecule has 2 heterocycles. The minimum Gasteiger partial charge on any atom is -1.00 e. The Labute approximate surface area is 264 Å². The third kappa shape index (κ3) is 10.2. The van der Waals surface area contributed by atoms with Crippen LogP contribution in [0.5, 0.6) is 5.75 Å². The van der Waals surface area contributed by atoms with E-state index in [-0.39, 0.29) is 36.6 Å². The zero-order valence-corrected chi connectivity index (χ0v) is 26.0. The summed E-state index contributed by atoms with van der Waals surface area (Å²) in [6.07, 6.45) is -2.22. The highest BCUT2D eigenvalue weighted by molar-refractivity contribution is 8.76. The number of nitrogens with zero attached hydrogens (tertiary/aromatic N) is 2. The summed E-state index contributed by atoms with van der Waals surface area (Å²) in [6, 6.07) is 3.20. The topological polar surface area (TPSA) is 184 Å². The van der Waals surface area contributed by atoms with Crippen LogP contribution in [0.15, 0.2) is 30.5 Å². The first kappa shape index (κ1) is 36.9. The summed E-state index contributed by atoms with van der Waals surface area (Å²) >= 11 is 0. The number of aromatic nitrogens is 3. The number of carboxylic acid groups (broad SMARTS) is 2. The number of aromatic amines is 1. The molecule has 12 nitrogen and oxygen atoms in total. The van der Waals surface area contributed by atoms with Gasteiger partial charge in [0.05, 0.1) is 30.7 Å². The van der Waals surface area contributed by atoms with Gasteiger partial charge in [0.15, 0.2) is 5.52 Å². The largest absolute Gasteiger partial charge is 1.00 e. The minimum absolute atomic E-state index is 0. The lowest BCUT2D eigenvalue weighted by Gasteiger charge is -2.18. The lowest BCUT2D eigenvalue weighted by atomic mass is 10.1. The number of carbonyl (C=O) groups is 3. The van der Waals surface area contributed by atoms with Crippen molar-refractivity contribution >= 4 is 50.5 Å². The van der Waals surface area contributed by atoms with Crippen molar-refractivity contribution in [1.82, 2.24) is 20.6 Å². The number of nitrogens with two attached hydrogens (primary N) is 1. The van der Waals surface area contributed by atoms with E-state index in [4.69, 9.17) is 20.7 Å². The van der Waals surface area contributed by atoms with Crippen molar-refractivity contribution in [3.05, 3.63) is 47.3 Å². The van der Waals surface area contributed by atoms with E-state index in [0.717, 1.165) is 23.4 Å². The number of amides is 1. The van der Waals surface area contributed by atoms with Crippen molar-refractivity contribution < 1.29 is 59.5 Å². The Balaban J connectivity index is 0.00000675. The van der Waals surface area contributed by atoms with Crippen LogP contribution in [0.4, 0.5) is 13.2 Å². The van der Waals surface area contributed by atoms with Crippen molar-refractivity contribution in [3.8, 4) is 11.7 Å². The Morgan fingerprint density at radius 3 is 2.57 bits per heavy atom. The van der Waals surface area contributed by atoms with E-state index < -0.39 is 48.2 Å². The molecular formula is C26H32ClF3N6O6S2. The molecule has 0 saturated carbocycles. The van der Waals surface area contributed by atoms with Crippen molar-refractivity contribution in [2.45, 2.75) is 43.8 Å². The van der Waals surface area contributed by atoms with Crippen LogP contribution < -0.4 is 38.1 Å². The molecule has 3 aromatic rings. The standard InChI is InChI=1S/C26H31F3N6O6S2.ClH/c1-14-20(13-43-42-12-19(23(38)32-11-22(36)37)31-8-3-4-16(30)24(39)40)35(9-7-21(14)41-2)25-33-17-6-5-15(26(27,28)29)10-18(17)34-25;/h5-7,9-10,16,19,31H,3-4,8,11-13,30H2,1-2H3,(H3-,32,33,34,36,37,38,39,40);1H/t16-,19-;/m0./s1. The molecule has 0 fully saturated rings. The van der Waals surface area contributed by atoms with Gasteiger partial charge in [-0.25, -0.2) is 9.55 Å². The molecule has 1 aromatic carbocycles. The van der Waals surface area contributed by atoms with Gasteiger partial charge in [0.1, 0.15) is 29.5 Å². The molecule has 0 spiro atoms. The second kappa shape index (κ2) is 16.7. The predicted molar refractivity (Wildman–Crippen MR) is 155 cm³/mol. The average Bonchev–Trinajstić information content (AvgIpc) is 3.38. The van der Waals surface area contributed by atoms with Gasteiger partial charge in [-0.3, -0.25) is 14.4 Å². The van der Waals surface area contributed by atoms with Gasteiger partial charge in [0.2, 0.25) is 5.91 Å². The molecule has 44 heavy (non-hydrogen) atoms. The molecule has 0 aliphatic carbocycles. The highest BCUT2D eigenvalue weighted by Gasteiger charge is 2.32. The molecule has 3 rings (SSSR count). The third-order valence-corrected chi connectivity index (χ3v) is 8.65. The average molecular weight is 681 g/mol. The van der Waals surface area contributed by atoms with E-state index in [9.17, 15) is 27.6 Å². The number of fused-ring (bicyclic) bond motifs is 1. The maximum Gasteiger partial charge on any atom is 0.416 e. The van der Waals surface area contributed by atoms with Gasteiger partial charge in [-0.15, -0.1) is 0 Å². The van der Waals surface area contributed by atoms with Gasteiger partial charge in [0, 0.05) is 17.4 Å². The fourth-order valence-corrected chi connectivity index (χ4v) is 6.35. The van der Waals surface area contributed by atoms with Gasteiger partial charge < -0.3 is 43.7 Å². The number of halogens is 4. The number of nitrogens with one attached hydrogen (secondary N) is 3. The van der Waals surface area contributed by atoms with Crippen molar-refractivity contribution in [2.24, 2.45) is 5.73 Å². The van der Waals surface area contributed by atoms with E-state index >= 15 is 0 Å². The molecule has 0 radical (unpaired) electrons. The molecule has 1 amide bonds. The molecule has 2 atom stereocenters. The van der Waals surface area contributed by atoms with E-state index in [2.05, 4.69) is 20.6 Å². The van der Waals surface area contributed by atoms with Crippen LogP contribution in [0.1, 0.15) is 29.7 Å². The molecular weight excluding hydrogens is 649 g/mol. The number of hydrogen-bond acceptors (Lipinski definition) is 9. The molecule has 0 aliphatic rings. The number of benzene rings is 1. The summed E-state index contributed by atoms with van der Waals surface area (Å²) in [6.45, 7) is 1.57. The van der Waals surface area contributed by atoms with Crippen LogP contribution in [0.2, 0.25) is 0 Å². The van der Waals surface area contributed by atoms with Crippen molar-refractivity contribution in [2.75, 3.05) is 26.0 Å². The molecule has 0 unspecified atom stereocenters. The van der Waals surface area contributed by atoms with Crippen LogP contribution in [0.25, 0.3) is 17.0 Å². The number of carbonyl (C=O) groups excluding carboxylic acids is 1. The Morgan fingerprint density at radius 2 is 1.93 bits per heavy atom. The smallest absolute Gasteiger partial charge is 0.416 e. The molecule has 242 valence electrons. The van der Waals surface area contributed by atoms with Crippen LogP contribution >= 0.6 is 21.6 Å². The Bertz CT molecular complexity index is 1460. The van der Waals surface area contributed by atoms with Gasteiger partial charge in [-0.2, -0.15) is 13.2 Å². The van der Waals surface area contributed by atoms with Gasteiger partial charge in [-0.05, 0) is 44.5 Å². The quantitative estimate of drug-likeness (QED) is 0.0646. The number of ether oxygens (including phenoxy) is 1. The number of H-pyrrole nitrogens is 1. The monoisotopic (exact) mass is 680 g/mol. The maximum absolute atomic E-state index is 13.2. The van der Waals surface area contributed by atoms with Crippen LogP contribution in [0.3, 0.4) is 0 Å². The molecule has 7 N–H and O–H groups in total. The number of alkyl halides is 3. The first-order valence-corrected chi connectivity index (χ1v) is 15.4. The summed E-state index contributed by atoms with van der Waals surface area (Å²) in [5.41, 5.74) is 6.84. The molecule has 18 heteroatoms. The zero-order chi connectivity index (χ0) is 31.7. The lowest BCUT2D eigenvalue weighted by Crippen LogP contribution is -3.00. The van der Waals surface area contributed by atoms with E-state index in [1.165, 1.54) is 34.8 Å². The first-order valence-electron chi connectivity index (χ1n) is 12.9. The SMILES string of the molecule is COc1cc[n+](-c2nc3ccc(C(F)(F)F)cc3[nH]2)c(CSSC[C@H](NCCC[C@H](N)C(=O)O)C(=O)NCC(=O)O)c1C.[Cl-]. The van der Waals surface area contributed by atoms with Gasteiger partial charge in [-0.1, -0.05) is 26.6 Å². The number of hydrogen-bond donors (Lipinski definition) is 6. The normalized spacial score (nSPS) is 12.8. The van der Waals surface area contributed by atoms with E-state index in [0.29, 0.717) is 29.4 Å². The van der Waals surface area contributed by atoms with Crippen molar-refractivity contribution in [1.29, 1.82) is 0 Å². The van der Waals surface area contributed by atoms with E-state index in [1.54, 1.807) is 16.8 Å². The summed E-state index contributed by atoms with van der Waals surface area (Å²) in [7, 11) is 4.26. The minimum atomic E-state index is -4.50. The summed E-state index contributed by atoms with van der Waals surface area (Å²) in [4.78, 5) is 41.9. The second-order valence-electron chi connectivity index (χ2n) is 9.37. The summed E-state index contributed by atoms with van der Waals surface area (Å²) in [5.74, 6) is -1.30. The first-order chi connectivity index (χ1) is 20.3. The van der Waals surface area contributed by atoms with Crippen LogP contribution in [-0.4, -0.2) is 76.1 Å². The Morgan fingerprint density at radius 1 is 1.20 bits per heavy atom. The number of aliphatic carboxylic acids is 2. The van der Waals surface area contributed by atoms with E-state index in [1.807, 2.05) is 6.92 Å². The fraction of sp³-hybridized carbons (Fsp3) is 0.423. The Hall–Kier alpha value is -3.25. The number of pyridine rings is 1. The predicted octanol–water partition coefficient (Wildman–Crippen LogP) is -0.588. The third-order valence-electron chi connectivity index (χ3n) is 6.36. The fourth-order valence-electron chi connectivity index (χ4n) is 4.01. The second-order valence-corrected chi connectivity index (χ2v) is 11.9. The van der Waals surface area contributed by atoms with Crippen LogP contribution in [-0.2, 0) is 26.3 Å². The lowest BCUT2D eigenvalue weighted by molar-refractivity contribution is -0.610. The summed E-state index contributed by atoms with van der Waals surface area (Å²) < 4.78 is 46.8. The van der Waals surface area contributed by atoms with Crippen LogP contribution in [0, 0.1) is 6.92 Å². The highest BCUT2D eigenvalue weighted by Crippen LogP contribution is 2.32.